The smallest absolute Gasteiger partial charge is 0.322 e. The van der Waals surface area contributed by atoms with Gasteiger partial charge in [0.05, 0.1) is 13.2 Å². The predicted molar refractivity (Wildman–Crippen MR) is 45.9 cm³/mol. The van der Waals surface area contributed by atoms with E-state index in [2.05, 4.69) is 0 Å². The van der Waals surface area contributed by atoms with Crippen molar-refractivity contribution in [2.24, 2.45) is 11.1 Å². The van der Waals surface area contributed by atoms with Crippen LogP contribution in [-0.4, -0.2) is 30.3 Å². The van der Waals surface area contributed by atoms with Gasteiger partial charge in [-0.05, 0) is 5.41 Å². The number of rotatable bonds is 4. The first-order valence-electron chi connectivity index (χ1n) is 3.89. The second kappa shape index (κ2) is 4.42. The van der Waals surface area contributed by atoms with Gasteiger partial charge in [0.1, 0.15) is 6.04 Å². The molecule has 0 aliphatic heterocycles. The fraction of sp³-hybridized carbons (Fsp3) is 0.875. The van der Waals surface area contributed by atoms with Gasteiger partial charge >= 0.3 is 5.97 Å². The highest BCUT2D eigenvalue weighted by Crippen LogP contribution is 2.12. The molecule has 4 nitrogen and oxygen atoms in total. The summed E-state index contributed by atoms with van der Waals surface area (Å²) in [5, 5.41) is 8.41. The number of carboxylic acids is 1. The Morgan fingerprint density at radius 1 is 1.58 bits per heavy atom. The van der Waals surface area contributed by atoms with E-state index < -0.39 is 12.0 Å². The lowest BCUT2D eigenvalue weighted by atomic mass is 9.99. The lowest BCUT2D eigenvalue weighted by Crippen LogP contribution is -2.35. The summed E-state index contributed by atoms with van der Waals surface area (Å²) in [5.41, 5.74) is 5.28. The van der Waals surface area contributed by atoms with Gasteiger partial charge in [-0.1, -0.05) is 20.8 Å². The molecule has 12 heavy (non-hydrogen) atoms. The van der Waals surface area contributed by atoms with Crippen molar-refractivity contribution in [3.8, 4) is 0 Å². The van der Waals surface area contributed by atoms with Gasteiger partial charge in [0.2, 0.25) is 0 Å². The zero-order valence-corrected chi connectivity index (χ0v) is 7.83. The Bertz CT molecular complexity index is 151. The minimum atomic E-state index is -1.02. The maximum atomic E-state index is 10.2. The van der Waals surface area contributed by atoms with E-state index in [1.165, 1.54) is 0 Å². The van der Waals surface area contributed by atoms with Gasteiger partial charge in [0, 0.05) is 0 Å². The van der Waals surface area contributed by atoms with E-state index in [1.807, 2.05) is 20.8 Å². The molecule has 0 heterocycles. The van der Waals surface area contributed by atoms with Crippen LogP contribution in [0.25, 0.3) is 0 Å². The van der Waals surface area contributed by atoms with E-state index in [0.717, 1.165) is 0 Å². The minimum absolute atomic E-state index is 0.0538. The molecule has 0 spiro atoms. The molecule has 0 saturated heterocycles. The molecule has 0 amide bonds. The normalized spacial score (nSPS) is 14.3. The van der Waals surface area contributed by atoms with E-state index >= 15 is 0 Å². The second-order valence-electron chi connectivity index (χ2n) is 4.02. The number of hydrogen-bond acceptors (Lipinski definition) is 3. The molecule has 0 aliphatic rings. The van der Waals surface area contributed by atoms with Crippen molar-refractivity contribution in [3.63, 3.8) is 0 Å². The molecule has 0 aromatic heterocycles. The van der Waals surface area contributed by atoms with E-state index in [1.54, 1.807) is 0 Å². The minimum Gasteiger partial charge on any atom is -0.480 e. The van der Waals surface area contributed by atoms with Crippen molar-refractivity contribution in [3.05, 3.63) is 0 Å². The fourth-order valence-corrected chi connectivity index (χ4v) is 0.563. The Morgan fingerprint density at radius 2 is 2.08 bits per heavy atom. The highest BCUT2D eigenvalue weighted by Gasteiger charge is 2.14. The van der Waals surface area contributed by atoms with Crippen molar-refractivity contribution < 1.29 is 14.6 Å². The Balaban J connectivity index is 3.51. The topological polar surface area (TPSA) is 72.5 Å². The van der Waals surface area contributed by atoms with E-state index in [0.29, 0.717) is 6.61 Å². The molecule has 72 valence electrons. The fourth-order valence-electron chi connectivity index (χ4n) is 0.563. The summed E-state index contributed by atoms with van der Waals surface area (Å²) in [6.07, 6.45) is 0. The average Bonchev–Trinajstić information content (AvgIpc) is 1.84. The molecular formula is C8H17NO3. The summed E-state index contributed by atoms with van der Waals surface area (Å²) >= 11 is 0. The average molecular weight is 175 g/mol. The Hall–Kier alpha value is -0.610. The summed E-state index contributed by atoms with van der Waals surface area (Å²) in [6, 6.07) is -0.910. The van der Waals surface area contributed by atoms with Crippen LogP contribution in [0, 0.1) is 5.41 Å². The Morgan fingerprint density at radius 3 is 2.42 bits per heavy atom. The molecule has 1 atom stereocenters. The molecule has 0 aliphatic carbocycles. The van der Waals surface area contributed by atoms with Crippen LogP contribution >= 0.6 is 0 Å². The molecule has 0 rings (SSSR count). The number of aliphatic carboxylic acids is 1. The molecular weight excluding hydrogens is 158 g/mol. The number of ether oxygens (including phenoxy) is 1. The van der Waals surface area contributed by atoms with Crippen molar-refractivity contribution in [2.45, 2.75) is 26.8 Å². The van der Waals surface area contributed by atoms with Crippen LogP contribution in [0.1, 0.15) is 20.8 Å². The maximum absolute atomic E-state index is 10.2. The van der Waals surface area contributed by atoms with Gasteiger partial charge in [0.25, 0.3) is 0 Å². The first-order chi connectivity index (χ1) is 5.33. The Kier molecular flexibility index (Phi) is 4.20. The largest absolute Gasteiger partial charge is 0.480 e. The third-order valence-corrected chi connectivity index (χ3v) is 1.15. The van der Waals surface area contributed by atoms with Crippen LogP contribution < -0.4 is 5.73 Å². The summed E-state index contributed by atoms with van der Waals surface area (Å²) in [6.45, 7) is 6.64. The van der Waals surface area contributed by atoms with Crippen molar-refractivity contribution in [2.75, 3.05) is 13.2 Å². The molecule has 0 bridgehead atoms. The first-order valence-corrected chi connectivity index (χ1v) is 3.89. The quantitative estimate of drug-likeness (QED) is 0.651. The van der Waals surface area contributed by atoms with Gasteiger partial charge in [-0.3, -0.25) is 4.79 Å². The van der Waals surface area contributed by atoms with Gasteiger partial charge in [-0.25, -0.2) is 0 Å². The van der Waals surface area contributed by atoms with Crippen molar-refractivity contribution in [1.82, 2.24) is 0 Å². The third-order valence-electron chi connectivity index (χ3n) is 1.15. The molecule has 0 aromatic carbocycles. The van der Waals surface area contributed by atoms with Crippen LogP contribution in [-0.2, 0) is 9.53 Å². The molecule has 3 N–H and O–H groups in total. The van der Waals surface area contributed by atoms with Crippen LogP contribution in [0.15, 0.2) is 0 Å². The van der Waals surface area contributed by atoms with Gasteiger partial charge < -0.3 is 15.6 Å². The first kappa shape index (κ1) is 11.4. The second-order valence-corrected chi connectivity index (χ2v) is 4.02. The van der Waals surface area contributed by atoms with Crippen LogP contribution in [0.5, 0.6) is 0 Å². The summed E-state index contributed by atoms with van der Waals surface area (Å²) in [7, 11) is 0. The zero-order chi connectivity index (χ0) is 9.78. The van der Waals surface area contributed by atoms with Crippen molar-refractivity contribution >= 4 is 5.97 Å². The van der Waals surface area contributed by atoms with E-state index in [4.69, 9.17) is 15.6 Å². The highest BCUT2D eigenvalue weighted by molar-refractivity contribution is 5.73. The standard InChI is InChI=1S/C8H17NO3/c1-8(2,3)5-12-4-6(9)7(10)11/h6H,4-5,9H2,1-3H3,(H,10,11)/t6-/m1/s1. The zero-order valence-electron chi connectivity index (χ0n) is 7.83. The monoisotopic (exact) mass is 175 g/mol. The van der Waals surface area contributed by atoms with Crippen molar-refractivity contribution in [1.29, 1.82) is 0 Å². The molecule has 0 radical (unpaired) electrons. The number of carboxylic acid groups (broad SMARTS) is 1. The molecule has 0 saturated carbocycles. The summed E-state index contributed by atoms with van der Waals surface area (Å²) in [4.78, 5) is 10.2. The lowest BCUT2D eigenvalue weighted by molar-refractivity contribution is -0.140. The van der Waals surface area contributed by atoms with Gasteiger partial charge in [-0.2, -0.15) is 0 Å². The van der Waals surface area contributed by atoms with Gasteiger partial charge in [-0.15, -0.1) is 0 Å². The number of hydrogen-bond donors (Lipinski definition) is 2. The Labute approximate surface area is 72.7 Å². The summed E-state index contributed by atoms with van der Waals surface area (Å²) < 4.78 is 5.12. The summed E-state index contributed by atoms with van der Waals surface area (Å²) in [5.74, 6) is -1.02. The maximum Gasteiger partial charge on any atom is 0.322 e. The number of carbonyl (C=O) groups is 1. The lowest BCUT2D eigenvalue weighted by Gasteiger charge is -2.18. The highest BCUT2D eigenvalue weighted by atomic mass is 16.5. The van der Waals surface area contributed by atoms with E-state index in [-0.39, 0.29) is 12.0 Å². The van der Waals surface area contributed by atoms with Crippen LogP contribution in [0.3, 0.4) is 0 Å². The molecule has 0 aromatic rings. The van der Waals surface area contributed by atoms with Gasteiger partial charge in [0.15, 0.2) is 0 Å². The van der Waals surface area contributed by atoms with Crippen LogP contribution in [0.2, 0.25) is 0 Å². The SMILES string of the molecule is CC(C)(C)COC[C@@H](N)C(=O)O. The predicted octanol–water partition coefficient (Wildman–Crippen LogP) is 0.461. The van der Waals surface area contributed by atoms with E-state index in [9.17, 15) is 4.79 Å². The number of nitrogens with two attached hydrogens (primary N) is 1. The third kappa shape index (κ3) is 6.12. The molecule has 4 heteroatoms. The van der Waals surface area contributed by atoms with Crippen LogP contribution in [0.4, 0.5) is 0 Å². The molecule has 0 unspecified atom stereocenters. The molecule has 0 fully saturated rings.